The van der Waals surface area contributed by atoms with E-state index in [9.17, 15) is 0 Å². The molecule has 4 rings (SSSR count). The molecule has 0 fully saturated rings. The van der Waals surface area contributed by atoms with Crippen LogP contribution in [0.3, 0.4) is 0 Å². The van der Waals surface area contributed by atoms with E-state index in [1.807, 2.05) is 30.6 Å². The van der Waals surface area contributed by atoms with Crippen molar-refractivity contribution >= 4 is 11.0 Å². The van der Waals surface area contributed by atoms with E-state index in [0.717, 1.165) is 33.5 Å². The quantitative estimate of drug-likeness (QED) is 0.631. The third-order valence-electron chi connectivity index (χ3n) is 3.83. The van der Waals surface area contributed by atoms with Crippen LogP contribution in [0.1, 0.15) is 5.56 Å². The minimum absolute atomic E-state index is 0.519. The minimum Gasteiger partial charge on any atom is -0.326 e. The van der Waals surface area contributed by atoms with E-state index in [2.05, 4.69) is 37.7 Å². The maximum Gasteiger partial charge on any atom is 0.100 e. The molecule has 0 aliphatic carbocycles. The fraction of sp³-hybridized carbons (Fsp3) is 0.0556. The van der Waals surface area contributed by atoms with Gasteiger partial charge in [-0.15, -0.1) is 0 Å². The fourth-order valence-corrected chi connectivity index (χ4v) is 2.65. The van der Waals surface area contributed by atoms with Crippen molar-refractivity contribution in [2.45, 2.75) is 6.54 Å². The molecule has 5 heteroatoms. The molecule has 0 aliphatic heterocycles. The Kier molecular flexibility index (Phi) is 3.33. The van der Waals surface area contributed by atoms with Crippen LogP contribution in [0.25, 0.3) is 28.0 Å². The predicted octanol–water partition coefficient (Wildman–Crippen LogP) is 2.94. The number of imidazole rings is 1. The second-order valence-electron chi connectivity index (χ2n) is 5.28. The van der Waals surface area contributed by atoms with Gasteiger partial charge < -0.3 is 5.73 Å². The molecule has 2 heterocycles. The zero-order valence-electron chi connectivity index (χ0n) is 12.4. The second kappa shape index (κ2) is 5.62. The molecular formula is C18H15N5. The van der Waals surface area contributed by atoms with Crippen LogP contribution in [0.15, 0.2) is 67.4 Å². The minimum atomic E-state index is 0.519. The fourth-order valence-electron chi connectivity index (χ4n) is 2.65. The summed E-state index contributed by atoms with van der Waals surface area (Å²) in [6.45, 7) is 0.519. The Morgan fingerprint density at radius 2 is 1.96 bits per heavy atom. The van der Waals surface area contributed by atoms with Crippen LogP contribution >= 0.6 is 0 Å². The molecular weight excluding hydrogens is 286 g/mol. The van der Waals surface area contributed by atoms with Gasteiger partial charge in [0, 0.05) is 30.2 Å². The topological polar surface area (TPSA) is 69.6 Å². The van der Waals surface area contributed by atoms with Crippen LogP contribution in [0.2, 0.25) is 0 Å². The van der Waals surface area contributed by atoms with Crippen LogP contribution in [0, 0.1) is 0 Å². The number of aromatic nitrogens is 4. The van der Waals surface area contributed by atoms with Crippen LogP contribution in [-0.2, 0) is 6.54 Å². The van der Waals surface area contributed by atoms with Crippen molar-refractivity contribution < 1.29 is 0 Å². The van der Waals surface area contributed by atoms with Crippen molar-refractivity contribution in [1.29, 1.82) is 0 Å². The maximum absolute atomic E-state index is 5.70. The highest BCUT2D eigenvalue weighted by atomic mass is 15.0. The lowest BCUT2D eigenvalue weighted by molar-refractivity contribution is 1.07. The average Bonchev–Trinajstić information content (AvgIpc) is 3.05. The van der Waals surface area contributed by atoms with Gasteiger partial charge in [-0.05, 0) is 29.8 Å². The third kappa shape index (κ3) is 2.47. The number of rotatable bonds is 3. The Hall–Kier alpha value is -3.05. The van der Waals surface area contributed by atoms with Crippen molar-refractivity contribution in [2.75, 3.05) is 0 Å². The normalized spacial score (nSPS) is 11.0. The number of nitrogens with two attached hydrogens (primary N) is 1. The molecule has 0 saturated heterocycles. The molecule has 23 heavy (non-hydrogen) atoms. The van der Waals surface area contributed by atoms with Crippen molar-refractivity contribution in [2.24, 2.45) is 5.73 Å². The molecule has 0 atom stereocenters. The monoisotopic (exact) mass is 301 g/mol. The molecule has 5 nitrogen and oxygen atoms in total. The van der Waals surface area contributed by atoms with Gasteiger partial charge in [0.05, 0.1) is 22.9 Å². The van der Waals surface area contributed by atoms with E-state index in [4.69, 9.17) is 5.73 Å². The molecule has 2 aromatic carbocycles. The first-order valence-electron chi connectivity index (χ1n) is 7.38. The summed E-state index contributed by atoms with van der Waals surface area (Å²) in [4.78, 5) is 13.0. The molecule has 0 unspecified atom stereocenters. The first kappa shape index (κ1) is 13.6. The van der Waals surface area contributed by atoms with E-state index in [0.29, 0.717) is 6.54 Å². The van der Waals surface area contributed by atoms with Crippen molar-refractivity contribution in [3.05, 3.63) is 72.9 Å². The highest BCUT2D eigenvalue weighted by Gasteiger charge is 2.07. The molecule has 112 valence electrons. The van der Waals surface area contributed by atoms with Crippen molar-refractivity contribution in [3.63, 3.8) is 0 Å². The summed E-state index contributed by atoms with van der Waals surface area (Å²) in [5.74, 6) is 0. The molecule has 0 aliphatic rings. The smallest absolute Gasteiger partial charge is 0.100 e. The molecule has 0 spiro atoms. The zero-order valence-corrected chi connectivity index (χ0v) is 12.4. The summed E-state index contributed by atoms with van der Waals surface area (Å²) in [5.41, 5.74) is 11.7. The molecule has 4 aromatic rings. The summed E-state index contributed by atoms with van der Waals surface area (Å²) in [6, 6.07) is 14.3. The second-order valence-corrected chi connectivity index (χ2v) is 5.28. The molecule has 0 saturated carbocycles. The Labute approximate surface area is 133 Å². The number of hydrogen-bond donors (Lipinski definition) is 1. The summed E-state index contributed by atoms with van der Waals surface area (Å²) in [7, 11) is 0. The van der Waals surface area contributed by atoms with E-state index >= 15 is 0 Å². The van der Waals surface area contributed by atoms with Crippen LogP contribution in [-0.4, -0.2) is 19.5 Å². The van der Waals surface area contributed by atoms with Gasteiger partial charge in [0.25, 0.3) is 0 Å². The molecule has 2 N–H and O–H groups in total. The van der Waals surface area contributed by atoms with Gasteiger partial charge in [0.15, 0.2) is 0 Å². The van der Waals surface area contributed by atoms with Crippen molar-refractivity contribution in [3.8, 4) is 16.9 Å². The number of hydrogen-bond acceptors (Lipinski definition) is 4. The number of benzene rings is 2. The lowest BCUT2D eigenvalue weighted by Crippen LogP contribution is -1.96. The van der Waals surface area contributed by atoms with Gasteiger partial charge in [-0.1, -0.05) is 18.2 Å². The summed E-state index contributed by atoms with van der Waals surface area (Å²) < 4.78 is 2.06. The maximum atomic E-state index is 5.70. The van der Waals surface area contributed by atoms with Crippen LogP contribution in [0.4, 0.5) is 0 Å². The number of fused-ring (bicyclic) bond motifs is 1. The highest BCUT2D eigenvalue weighted by Crippen LogP contribution is 2.23. The van der Waals surface area contributed by atoms with Gasteiger partial charge in [-0.25, -0.2) is 4.98 Å². The average molecular weight is 301 g/mol. The predicted molar refractivity (Wildman–Crippen MR) is 90.0 cm³/mol. The molecule has 0 radical (unpaired) electrons. The Morgan fingerprint density at radius 3 is 2.78 bits per heavy atom. The van der Waals surface area contributed by atoms with Crippen LogP contribution < -0.4 is 5.73 Å². The first-order chi connectivity index (χ1) is 11.3. The van der Waals surface area contributed by atoms with Crippen LogP contribution in [0.5, 0.6) is 0 Å². The largest absolute Gasteiger partial charge is 0.326 e. The van der Waals surface area contributed by atoms with E-state index in [-0.39, 0.29) is 0 Å². The lowest BCUT2D eigenvalue weighted by atomic mass is 10.1. The SMILES string of the molecule is NCc1ccc2c(c1)ncn2-c1cccc(-c2cnccn2)c1. The molecule has 0 amide bonds. The Balaban J connectivity index is 1.82. The van der Waals surface area contributed by atoms with Gasteiger partial charge >= 0.3 is 0 Å². The van der Waals surface area contributed by atoms with Gasteiger partial charge in [0.1, 0.15) is 6.33 Å². The summed E-state index contributed by atoms with van der Waals surface area (Å²) >= 11 is 0. The van der Waals surface area contributed by atoms with Gasteiger partial charge in [0.2, 0.25) is 0 Å². The first-order valence-corrected chi connectivity index (χ1v) is 7.38. The molecule has 0 bridgehead atoms. The van der Waals surface area contributed by atoms with E-state index in [1.165, 1.54) is 0 Å². The van der Waals surface area contributed by atoms with Gasteiger partial charge in [-0.2, -0.15) is 0 Å². The number of nitrogens with zero attached hydrogens (tertiary/aromatic N) is 4. The van der Waals surface area contributed by atoms with Gasteiger partial charge in [-0.3, -0.25) is 14.5 Å². The Bertz CT molecular complexity index is 959. The summed E-state index contributed by atoms with van der Waals surface area (Å²) in [6.07, 6.45) is 6.97. The molecule has 2 aromatic heterocycles. The standard InChI is InChI=1S/C18H15N5/c19-10-13-4-5-18-16(8-13)22-12-23(18)15-3-1-2-14(9-15)17-11-20-6-7-21-17/h1-9,11-12H,10,19H2. The van der Waals surface area contributed by atoms with E-state index in [1.54, 1.807) is 18.6 Å². The third-order valence-corrected chi connectivity index (χ3v) is 3.83. The van der Waals surface area contributed by atoms with Crippen molar-refractivity contribution in [1.82, 2.24) is 19.5 Å². The highest BCUT2D eigenvalue weighted by molar-refractivity contribution is 5.78. The Morgan fingerprint density at radius 1 is 1.00 bits per heavy atom. The van der Waals surface area contributed by atoms with E-state index < -0.39 is 0 Å². The summed E-state index contributed by atoms with van der Waals surface area (Å²) in [5, 5.41) is 0. The lowest BCUT2D eigenvalue weighted by Gasteiger charge is -2.07. The zero-order chi connectivity index (χ0) is 15.6.